The summed E-state index contributed by atoms with van der Waals surface area (Å²) in [5.41, 5.74) is 2.66. The van der Waals surface area contributed by atoms with Crippen molar-refractivity contribution in [2.24, 2.45) is 7.05 Å². The molecule has 0 aliphatic carbocycles. The van der Waals surface area contributed by atoms with Gasteiger partial charge in [-0.2, -0.15) is 0 Å². The van der Waals surface area contributed by atoms with Gasteiger partial charge in [0.05, 0.1) is 0 Å². The Balaban J connectivity index is 1.88. The van der Waals surface area contributed by atoms with Crippen LogP contribution in [-0.2, 0) is 18.3 Å². The summed E-state index contributed by atoms with van der Waals surface area (Å²) >= 11 is 0. The molecule has 0 spiro atoms. The van der Waals surface area contributed by atoms with E-state index in [4.69, 9.17) is 4.74 Å². The molecule has 0 bridgehead atoms. The summed E-state index contributed by atoms with van der Waals surface area (Å²) in [6, 6.07) is 8.53. The van der Waals surface area contributed by atoms with Crippen LogP contribution in [0.25, 0.3) is 10.9 Å². The third kappa shape index (κ3) is 3.12. The van der Waals surface area contributed by atoms with E-state index in [9.17, 15) is 0 Å². The Bertz CT molecular complexity index is 490. The van der Waals surface area contributed by atoms with E-state index in [1.165, 1.54) is 16.5 Å². The number of nitrogens with zero attached hydrogens (tertiary/aromatic N) is 1. The Morgan fingerprint density at radius 2 is 2.11 bits per heavy atom. The number of benzene rings is 1. The first kappa shape index (κ1) is 13.1. The predicted molar refractivity (Wildman–Crippen MR) is 75.7 cm³/mol. The van der Waals surface area contributed by atoms with E-state index in [0.29, 0.717) is 0 Å². The molecule has 3 nitrogen and oxygen atoms in total. The van der Waals surface area contributed by atoms with Crippen LogP contribution in [0.15, 0.2) is 30.5 Å². The first-order chi connectivity index (χ1) is 8.83. The quantitative estimate of drug-likeness (QED) is 0.760. The van der Waals surface area contributed by atoms with Gasteiger partial charge in [0.15, 0.2) is 0 Å². The van der Waals surface area contributed by atoms with E-state index in [1.807, 2.05) is 6.92 Å². The van der Waals surface area contributed by atoms with Gasteiger partial charge in [-0.25, -0.2) is 0 Å². The summed E-state index contributed by atoms with van der Waals surface area (Å²) in [7, 11) is 2.10. The zero-order valence-corrected chi connectivity index (χ0v) is 11.3. The van der Waals surface area contributed by atoms with Crippen molar-refractivity contribution in [1.29, 1.82) is 0 Å². The Hall–Kier alpha value is -1.32. The number of fused-ring (bicyclic) bond motifs is 1. The molecular weight excluding hydrogens is 224 g/mol. The minimum absolute atomic E-state index is 0.809. The molecule has 98 valence electrons. The van der Waals surface area contributed by atoms with E-state index in [1.54, 1.807) is 0 Å². The van der Waals surface area contributed by atoms with Crippen molar-refractivity contribution in [3.63, 3.8) is 0 Å². The third-order valence-corrected chi connectivity index (χ3v) is 3.14. The number of para-hydroxylation sites is 1. The Morgan fingerprint density at radius 1 is 1.28 bits per heavy atom. The molecule has 2 rings (SSSR count). The molecule has 1 aromatic heterocycles. The molecule has 1 aromatic carbocycles. The lowest BCUT2D eigenvalue weighted by Crippen LogP contribution is -2.16. The highest BCUT2D eigenvalue weighted by molar-refractivity contribution is 5.83. The zero-order chi connectivity index (χ0) is 12.8. The molecule has 0 aliphatic heterocycles. The van der Waals surface area contributed by atoms with E-state index < -0.39 is 0 Å². The van der Waals surface area contributed by atoms with Crippen molar-refractivity contribution in [1.82, 2.24) is 9.88 Å². The molecule has 0 saturated heterocycles. The molecule has 0 fully saturated rings. The summed E-state index contributed by atoms with van der Waals surface area (Å²) in [4.78, 5) is 0. The van der Waals surface area contributed by atoms with Gasteiger partial charge in [-0.3, -0.25) is 0 Å². The Morgan fingerprint density at radius 3 is 2.94 bits per heavy atom. The molecule has 1 heterocycles. The molecule has 0 unspecified atom stereocenters. The molecule has 1 N–H and O–H groups in total. The van der Waals surface area contributed by atoms with Crippen molar-refractivity contribution in [3.8, 4) is 0 Å². The smallest absolute Gasteiger partial charge is 0.0481 e. The summed E-state index contributed by atoms with van der Waals surface area (Å²) < 4.78 is 7.50. The number of rotatable bonds is 7. The van der Waals surface area contributed by atoms with Crippen LogP contribution < -0.4 is 5.32 Å². The van der Waals surface area contributed by atoms with Crippen LogP contribution in [0.4, 0.5) is 0 Å². The number of aromatic nitrogens is 1. The van der Waals surface area contributed by atoms with E-state index in [-0.39, 0.29) is 0 Å². The van der Waals surface area contributed by atoms with Gasteiger partial charge in [-0.1, -0.05) is 18.2 Å². The standard InChI is InChI=1S/C15H22N2O/c1-3-18-10-6-9-16-11-13-12-17(2)15-8-5-4-7-14(13)15/h4-5,7-8,12,16H,3,6,9-11H2,1-2H3. The van der Waals surface area contributed by atoms with E-state index in [2.05, 4.69) is 47.4 Å². The number of ether oxygens (including phenoxy) is 1. The highest BCUT2D eigenvalue weighted by Gasteiger charge is 2.04. The predicted octanol–water partition coefficient (Wildman–Crippen LogP) is 2.69. The fourth-order valence-electron chi connectivity index (χ4n) is 2.23. The maximum atomic E-state index is 5.32. The molecule has 0 saturated carbocycles. The van der Waals surface area contributed by atoms with Crippen LogP contribution in [0, 0.1) is 0 Å². The highest BCUT2D eigenvalue weighted by atomic mass is 16.5. The van der Waals surface area contributed by atoms with Gasteiger partial charge in [-0.05, 0) is 31.5 Å². The Kier molecular flexibility index (Phi) is 4.79. The number of hydrogen-bond donors (Lipinski definition) is 1. The second-order valence-electron chi connectivity index (χ2n) is 4.51. The molecular formula is C15H22N2O. The van der Waals surface area contributed by atoms with Crippen molar-refractivity contribution < 1.29 is 4.74 Å². The lowest BCUT2D eigenvalue weighted by atomic mass is 10.2. The maximum absolute atomic E-state index is 5.32. The van der Waals surface area contributed by atoms with E-state index >= 15 is 0 Å². The first-order valence-electron chi connectivity index (χ1n) is 6.64. The first-order valence-corrected chi connectivity index (χ1v) is 6.64. The molecule has 18 heavy (non-hydrogen) atoms. The van der Waals surface area contributed by atoms with E-state index in [0.717, 1.165) is 32.7 Å². The monoisotopic (exact) mass is 246 g/mol. The second-order valence-corrected chi connectivity index (χ2v) is 4.51. The van der Waals surface area contributed by atoms with Crippen molar-refractivity contribution in [2.45, 2.75) is 19.9 Å². The Labute approximate surface area is 109 Å². The van der Waals surface area contributed by atoms with Crippen LogP contribution in [0.2, 0.25) is 0 Å². The third-order valence-electron chi connectivity index (χ3n) is 3.14. The minimum atomic E-state index is 0.809. The molecule has 0 amide bonds. The van der Waals surface area contributed by atoms with Crippen LogP contribution in [-0.4, -0.2) is 24.3 Å². The fraction of sp³-hybridized carbons (Fsp3) is 0.467. The minimum Gasteiger partial charge on any atom is -0.382 e. The van der Waals surface area contributed by atoms with Crippen LogP contribution >= 0.6 is 0 Å². The van der Waals surface area contributed by atoms with Gasteiger partial charge >= 0.3 is 0 Å². The molecule has 0 aliphatic rings. The van der Waals surface area contributed by atoms with Crippen LogP contribution in [0.1, 0.15) is 18.9 Å². The topological polar surface area (TPSA) is 26.2 Å². The molecule has 0 atom stereocenters. The van der Waals surface area contributed by atoms with Gasteiger partial charge in [0.2, 0.25) is 0 Å². The van der Waals surface area contributed by atoms with Gasteiger partial charge in [0, 0.05) is 43.9 Å². The zero-order valence-electron chi connectivity index (χ0n) is 11.3. The summed E-state index contributed by atoms with van der Waals surface area (Å²) in [6.45, 7) is 5.61. The van der Waals surface area contributed by atoms with Gasteiger partial charge in [-0.15, -0.1) is 0 Å². The average molecular weight is 246 g/mol. The fourth-order valence-corrected chi connectivity index (χ4v) is 2.23. The van der Waals surface area contributed by atoms with Crippen molar-refractivity contribution >= 4 is 10.9 Å². The summed E-state index contributed by atoms with van der Waals surface area (Å²) in [6.07, 6.45) is 3.28. The average Bonchev–Trinajstić information content (AvgIpc) is 2.71. The van der Waals surface area contributed by atoms with Gasteiger partial charge in [0.1, 0.15) is 0 Å². The summed E-state index contributed by atoms with van der Waals surface area (Å²) in [5, 5.41) is 4.82. The van der Waals surface area contributed by atoms with Gasteiger partial charge in [0.25, 0.3) is 0 Å². The lowest BCUT2D eigenvalue weighted by Gasteiger charge is -2.04. The lowest BCUT2D eigenvalue weighted by molar-refractivity contribution is 0.144. The normalized spacial score (nSPS) is 11.2. The maximum Gasteiger partial charge on any atom is 0.0481 e. The number of aryl methyl sites for hydroxylation is 1. The largest absolute Gasteiger partial charge is 0.382 e. The van der Waals surface area contributed by atoms with Crippen LogP contribution in [0.5, 0.6) is 0 Å². The van der Waals surface area contributed by atoms with Crippen LogP contribution in [0.3, 0.4) is 0 Å². The summed E-state index contributed by atoms with van der Waals surface area (Å²) in [5.74, 6) is 0. The molecule has 2 aromatic rings. The number of nitrogens with one attached hydrogen (secondary N) is 1. The molecule has 0 radical (unpaired) electrons. The second kappa shape index (κ2) is 6.57. The van der Waals surface area contributed by atoms with Crippen molar-refractivity contribution in [2.75, 3.05) is 19.8 Å². The SMILES string of the molecule is CCOCCCNCc1cn(C)c2ccccc12. The van der Waals surface area contributed by atoms with Crippen molar-refractivity contribution in [3.05, 3.63) is 36.0 Å². The number of hydrogen-bond acceptors (Lipinski definition) is 2. The highest BCUT2D eigenvalue weighted by Crippen LogP contribution is 2.19. The van der Waals surface area contributed by atoms with Gasteiger partial charge < -0.3 is 14.6 Å². The molecule has 3 heteroatoms.